The van der Waals surface area contributed by atoms with Crippen LogP contribution >= 0.6 is 12.4 Å². The lowest BCUT2D eigenvalue weighted by atomic mass is 10.2. The molecule has 0 bridgehead atoms. The number of benzene rings is 1. The van der Waals surface area contributed by atoms with E-state index in [9.17, 15) is 9.59 Å². The van der Waals surface area contributed by atoms with Gasteiger partial charge in [-0.3, -0.25) is 9.59 Å². The van der Waals surface area contributed by atoms with E-state index in [1.165, 1.54) is 0 Å². The number of rotatable bonds is 6. The van der Waals surface area contributed by atoms with Crippen LogP contribution in [0, 0.1) is 5.92 Å². The molecule has 1 rings (SSSR count). The second kappa shape index (κ2) is 9.35. The van der Waals surface area contributed by atoms with Gasteiger partial charge in [0.15, 0.2) is 0 Å². The topological polar surface area (TPSA) is 84.2 Å². The summed E-state index contributed by atoms with van der Waals surface area (Å²) >= 11 is 0. The number of nitrogens with two attached hydrogens (primary N) is 1. The quantitative estimate of drug-likeness (QED) is 0.667. The predicted octanol–water partition coefficient (Wildman–Crippen LogP) is 0.549. The zero-order valence-corrected chi connectivity index (χ0v) is 11.7. The van der Waals surface area contributed by atoms with Gasteiger partial charge in [0.2, 0.25) is 5.91 Å². The molecule has 0 aliphatic heterocycles. The molecule has 0 saturated carbocycles. The van der Waals surface area contributed by atoms with Crippen LogP contribution in [0.15, 0.2) is 30.3 Å². The minimum Gasteiger partial charge on any atom is -0.354 e. The molecule has 6 heteroatoms. The summed E-state index contributed by atoms with van der Waals surface area (Å²) < 4.78 is 0. The maximum absolute atomic E-state index is 11.6. The van der Waals surface area contributed by atoms with Gasteiger partial charge in [-0.15, -0.1) is 12.4 Å². The summed E-state index contributed by atoms with van der Waals surface area (Å²) in [6, 6.07) is 8.94. The van der Waals surface area contributed by atoms with E-state index in [0.717, 1.165) is 0 Å². The fourth-order valence-electron chi connectivity index (χ4n) is 1.33. The normalized spacial score (nSPS) is 11.1. The molecule has 0 heterocycles. The molecule has 0 aromatic heterocycles. The first-order valence-electron chi connectivity index (χ1n) is 5.96. The highest BCUT2D eigenvalue weighted by atomic mass is 35.5. The van der Waals surface area contributed by atoms with Crippen molar-refractivity contribution in [2.75, 3.05) is 19.6 Å². The summed E-state index contributed by atoms with van der Waals surface area (Å²) in [4.78, 5) is 23.0. The second-order valence-corrected chi connectivity index (χ2v) is 4.05. The number of carbonyl (C=O) groups excluding carboxylic acids is 2. The van der Waals surface area contributed by atoms with E-state index in [2.05, 4.69) is 10.6 Å². The van der Waals surface area contributed by atoms with Gasteiger partial charge < -0.3 is 16.4 Å². The lowest BCUT2D eigenvalue weighted by Gasteiger charge is -2.10. The Labute approximate surface area is 119 Å². The summed E-state index contributed by atoms with van der Waals surface area (Å²) in [6.45, 7) is 2.89. The average molecular weight is 286 g/mol. The highest BCUT2D eigenvalue weighted by Crippen LogP contribution is 1.97. The lowest BCUT2D eigenvalue weighted by molar-refractivity contribution is -0.124. The van der Waals surface area contributed by atoms with Crippen molar-refractivity contribution in [3.05, 3.63) is 35.9 Å². The molecule has 1 aromatic rings. The van der Waals surface area contributed by atoms with Crippen LogP contribution in [-0.2, 0) is 4.79 Å². The molecule has 5 nitrogen and oxygen atoms in total. The number of carbonyl (C=O) groups is 2. The SMILES string of the molecule is CC(CN)C(=O)NCCNC(=O)c1ccccc1.Cl. The van der Waals surface area contributed by atoms with Crippen molar-refractivity contribution in [1.82, 2.24) is 10.6 Å². The largest absolute Gasteiger partial charge is 0.354 e. The first kappa shape index (κ1) is 17.4. The van der Waals surface area contributed by atoms with Crippen molar-refractivity contribution in [1.29, 1.82) is 0 Å². The van der Waals surface area contributed by atoms with Gasteiger partial charge in [-0.05, 0) is 12.1 Å². The van der Waals surface area contributed by atoms with Gasteiger partial charge in [0.05, 0.1) is 0 Å². The molecule has 106 valence electrons. The van der Waals surface area contributed by atoms with E-state index in [0.29, 0.717) is 25.2 Å². The van der Waals surface area contributed by atoms with Crippen LogP contribution in [0.2, 0.25) is 0 Å². The Morgan fingerprint density at radius 2 is 1.74 bits per heavy atom. The first-order chi connectivity index (χ1) is 8.65. The molecule has 0 aliphatic carbocycles. The van der Waals surface area contributed by atoms with Crippen LogP contribution in [0.5, 0.6) is 0 Å². The van der Waals surface area contributed by atoms with E-state index in [1.807, 2.05) is 6.07 Å². The molecule has 1 aromatic carbocycles. The van der Waals surface area contributed by atoms with Gasteiger partial charge in [0, 0.05) is 31.1 Å². The van der Waals surface area contributed by atoms with Gasteiger partial charge in [-0.25, -0.2) is 0 Å². The molecular weight excluding hydrogens is 266 g/mol. The summed E-state index contributed by atoms with van der Waals surface area (Å²) in [7, 11) is 0. The minimum atomic E-state index is -0.199. The van der Waals surface area contributed by atoms with Crippen LogP contribution in [0.4, 0.5) is 0 Å². The van der Waals surface area contributed by atoms with Gasteiger partial charge in [-0.1, -0.05) is 25.1 Å². The number of halogens is 1. The van der Waals surface area contributed by atoms with Crippen molar-refractivity contribution in [3.63, 3.8) is 0 Å². The van der Waals surface area contributed by atoms with Gasteiger partial charge in [-0.2, -0.15) is 0 Å². The van der Waals surface area contributed by atoms with Crippen LogP contribution < -0.4 is 16.4 Å². The maximum atomic E-state index is 11.6. The molecule has 19 heavy (non-hydrogen) atoms. The standard InChI is InChI=1S/C13H19N3O2.ClH/c1-10(9-14)12(17)15-7-8-16-13(18)11-5-3-2-4-6-11;/h2-6,10H,7-9,14H2,1H3,(H,15,17)(H,16,18);1H. The van der Waals surface area contributed by atoms with Crippen LogP contribution in [-0.4, -0.2) is 31.4 Å². The van der Waals surface area contributed by atoms with E-state index in [4.69, 9.17) is 5.73 Å². The van der Waals surface area contributed by atoms with E-state index < -0.39 is 0 Å². The Kier molecular flexibility index (Phi) is 8.57. The van der Waals surface area contributed by atoms with Crippen molar-refractivity contribution in [2.24, 2.45) is 11.7 Å². The Bertz CT molecular complexity index is 398. The maximum Gasteiger partial charge on any atom is 0.251 e. The first-order valence-corrected chi connectivity index (χ1v) is 5.96. The molecule has 1 atom stereocenters. The van der Waals surface area contributed by atoms with Crippen molar-refractivity contribution >= 4 is 24.2 Å². The fourth-order valence-corrected chi connectivity index (χ4v) is 1.33. The third-order valence-corrected chi connectivity index (χ3v) is 2.55. The lowest BCUT2D eigenvalue weighted by Crippen LogP contribution is -2.38. The summed E-state index contributed by atoms with van der Waals surface area (Å²) in [5.41, 5.74) is 5.98. The van der Waals surface area contributed by atoms with Crippen molar-refractivity contribution < 1.29 is 9.59 Å². The molecule has 0 spiro atoms. The summed E-state index contributed by atoms with van der Waals surface area (Å²) in [5, 5.41) is 5.43. The van der Waals surface area contributed by atoms with E-state index in [1.54, 1.807) is 31.2 Å². The molecule has 0 aliphatic rings. The van der Waals surface area contributed by atoms with E-state index >= 15 is 0 Å². The summed E-state index contributed by atoms with van der Waals surface area (Å²) in [6.07, 6.45) is 0. The smallest absolute Gasteiger partial charge is 0.251 e. The van der Waals surface area contributed by atoms with Gasteiger partial charge in [0.1, 0.15) is 0 Å². The molecule has 0 radical (unpaired) electrons. The zero-order chi connectivity index (χ0) is 13.4. The monoisotopic (exact) mass is 285 g/mol. The Balaban J connectivity index is 0.00000324. The number of amides is 2. The molecule has 1 unspecified atom stereocenters. The Hall–Kier alpha value is -1.59. The predicted molar refractivity (Wildman–Crippen MR) is 77.3 cm³/mol. The van der Waals surface area contributed by atoms with E-state index in [-0.39, 0.29) is 30.1 Å². The fraction of sp³-hybridized carbons (Fsp3) is 0.385. The second-order valence-electron chi connectivity index (χ2n) is 4.05. The zero-order valence-electron chi connectivity index (χ0n) is 10.9. The van der Waals surface area contributed by atoms with Crippen molar-refractivity contribution in [3.8, 4) is 0 Å². The van der Waals surface area contributed by atoms with Crippen LogP contribution in [0.1, 0.15) is 17.3 Å². The third kappa shape index (κ3) is 6.22. The van der Waals surface area contributed by atoms with Crippen LogP contribution in [0.25, 0.3) is 0 Å². The molecule has 0 saturated heterocycles. The van der Waals surface area contributed by atoms with Gasteiger partial charge in [0.25, 0.3) is 5.91 Å². The number of hydrogen-bond donors (Lipinski definition) is 3. The third-order valence-electron chi connectivity index (χ3n) is 2.55. The Morgan fingerprint density at radius 3 is 2.32 bits per heavy atom. The van der Waals surface area contributed by atoms with Gasteiger partial charge >= 0.3 is 0 Å². The molecular formula is C13H20ClN3O2. The Morgan fingerprint density at radius 1 is 1.16 bits per heavy atom. The number of hydrogen-bond acceptors (Lipinski definition) is 3. The summed E-state index contributed by atoms with van der Waals surface area (Å²) in [5.74, 6) is -0.432. The molecule has 4 N–H and O–H groups in total. The van der Waals surface area contributed by atoms with Crippen molar-refractivity contribution in [2.45, 2.75) is 6.92 Å². The highest BCUT2D eigenvalue weighted by molar-refractivity contribution is 5.94. The minimum absolute atomic E-state index is 0. The number of nitrogens with one attached hydrogen (secondary N) is 2. The molecule has 2 amide bonds. The average Bonchev–Trinajstić information content (AvgIpc) is 2.43. The molecule has 0 fully saturated rings. The van der Waals surface area contributed by atoms with Crippen LogP contribution in [0.3, 0.4) is 0 Å². The highest BCUT2D eigenvalue weighted by Gasteiger charge is 2.09.